The van der Waals surface area contributed by atoms with E-state index in [2.05, 4.69) is 5.32 Å². The number of carbonyl (C=O) groups excluding carboxylic acids is 2. The van der Waals surface area contributed by atoms with Crippen molar-refractivity contribution in [1.29, 1.82) is 0 Å². The first kappa shape index (κ1) is 19.5. The molecule has 3 amide bonds. The first-order chi connectivity index (χ1) is 11.3. The lowest BCUT2D eigenvalue weighted by Gasteiger charge is -2.25. The largest absolute Gasteiger partial charge is 0.496 e. The quantitative estimate of drug-likeness (QED) is 0.862. The minimum absolute atomic E-state index is 0.0588. The molecule has 0 aliphatic heterocycles. The monoisotopic (exact) mass is 335 g/mol. The van der Waals surface area contributed by atoms with Crippen molar-refractivity contribution in [1.82, 2.24) is 10.2 Å². The van der Waals surface area contributed by atoms with Crippen molar-refractivity contribution < 1.29 is 19.1 Å². The van der Waals surface area contributed by atoms with Crippen LogP contribution < -0.4 is 15.8 Å². The Morgan fingerprint density at radius 1 is 1.29 bits per heavy atom. The van der Waals surface area contributed by atoms with Gasteiger partial charge >= 0.3 is 12.1 Å². The van der Waals surface area contributed by atoms with E-state index in [4.69, 9.17) is 15.2 Å². The second-order valence-corrected chi connectivity index (χ2v) is 5.95. The zero-order chi connectivity index (χ0) is 18.2. The number of rotatable bonds is 5. The maximum absolute atomic E-state index is 12.2. The van der Waals surface area contributed by atoms with Crippen LogP contribution in [0.4, 0.5) is 9.59 Å². The van der Waals surface area contributed by atoms with Gasteiger partial charge in [0.1, 0.15) is 11.4 Å². The van der Waals surface area contributed by atoms with Gasteiger partial charge in [-0.3, -0.25) is 0 Å². The Balaban J connectivity index is 2.75. The smallest absolute Gasteiger partial charge is 0.418 e. The van der Waals surface area contributed by atoms with Crippen LogP contribution in [0.3, 0.4) is 0 Å². The van der Waals surface area contributed by atoms with Crippen LogP contribution in [0.25, 0.3) is 6.08 Å². The molecule has 0 heterocycles. The molecule has 0 fully saturated rings. The van der Waals surface area contributed by atoms with E-state index in [0.717, 1.165) is 10.5 Å². The van der Waals surface area contributed by atoms with Crippen molar-refractivity contribution >= 4 is 18.2 Å². The average Bonchev–Trinajstić information content (AvgIpc) is 2.51. The number of hydrogen-bond acceptors (Lipinski definition) is 5. The van der Waals surface area contributed by atoms with Crippen molar-refractivity contribution in [2.45, 2.75) is 26.4 Å². The number of carbonyl (C=O) groups is 2. The van der Waals surface area contributed by atoms with Gasteiger partial charge in [0.2, 0.25) is 0 Å². The topological polar surface area (TPSA) is 93.9 Å². The fourth-order valence-corrected chi connectivity index (χ4v) is 1.81. The molecule has 24 heavy (non-hydrogen) atoms. The Bertz CT molecular complexity index is 594. The summed E-state index contributed by atoms with van der Waals surface area (Å²) < 4.78 is 10.4. The van der Waals surface area contributed by atoms with Crippen molar-refractivity contribution in [3.8, 4) is 5.75 Å². The minimum atomic E-state index is -0.740. The van der Waals surface area contributed by atoms with Crippen LogP contribution in [0, 0.1) is 0 Å². The van der Waals surface area contributed by atoms with Gasteiger partial charge in [-0.25, -0.2) is 14.5 Å². The summed E-state index contributed by atoms with van der Waals surface area (Å²) in [4.78, 5) is 25.2. The van der Waals surface area contributed by atoms with E-state index in [0.29, 0.717) is 5.75 Å². The van der Waals surface area contributed by atoms with Crippen LogP contribution in [0.2, 0.25) is 0 Å². The molecule has 1 aromatic rings. The van der Waals surface area contributed by atoms with Crippen molar-refractivity contribution in [3.05, 3.63) is 36.0 Å². The maximum Gasteiger partial charge on any atom is 0.418 e. The van der Waals surface area contributed by atoms with Gasteiger partial charge in [0.05, 0.1) is 7.11 Å². The molecule has 132 valence electrons. The van der Waals surface area contributed by atoms with Gasteiger partial charge in [-0.15, -0.1) is 0 Å². The lowest BCUT2D eigenvalue weighted by atomic mass is 10.2. The normalized spacial score (nSPS) is 11.2. The lowest BCUT2D eigenvalue weighted by Crippen LogP contribution is -2.46. The van der Waals surface area contributed by atoms with Crippen LogP contribution in [0.15, 0.2) is 30.5 Å². The van der Waals surface area contributed by atoms with Gasteiger partial charge in [0, 0.05) is 24.9 Å². The number of nitrogens with zero attached hydrogens (tertiary/aromatic N) is 1. The van der Waals surface area contributed by atoms with Crippen molar-refractivity contribution in [2.24, 2.45) is 5.73 Å². The number of amides is 3. The van der Waals surface area contributed by atoms with Gasteiger partial charge in [-0.1, -0.05) is 18.2 Å². The highest BCUT2D eigenvalue weighted by Gasteiger charge is 2.26. The Kier molecular flexibility index (Phi) is 7.26. The Morgan fingerprint density at radius 3 is 2.54 bits per heavy atom. The third-order valence-electron chi connectivity index (χ3n) is 2.82. The first-order valence-corrected chi connectivity index (χ1v) is 7.59. The predicted molar refractivity (Wildman–Crippen MR) is 92.6 cm³/mol. The number of hydrogen-bond donors (Lipinski definition) is 2. The molecule has 0 bridgehead atoms. The highest BCUT2D eigenvalue weighted by Crippen LogP contribution is 2.18. The van der Waals surface area contributed by atoms with Gasteiger partial charge in [-0.2, -0.15) is 0 Å². The van der Waals surface area contributed by atoms with E-state index >= 15 is 0 Å². The van der Waals surface area contributed by atoms with E-state index in [1.54, 1.807) is 34.0 Å². The molecule has 7 heteroatoms. The molecule has 0 saturated carbocycles. The molecule has 1 aromatic carbocycles. The summed E-state index contributed by atoms with van der Waals surface area (Å²) in [6.07, 6.45) is 2.37. The van der Waals surface area contributed by atoms with Crippen molar-refractivity contribution in [2.75, 3.05) is 20.2 Å². The van der Waals surface area contributed by atoms with Crippen LogP contribution in [0.5, 0.6) is 5.75 Å². The molecule has 0 aromatic heterocycles. The van der Waals surface area contributed by atoms with Crippen LogP contribution >= 0.6 is 0 Å². The second kappa shape index (κ2) is 8.93. The summed E-state index contributed by atoms with van der Waals surface area (Å²) in [6, 6.07) is 6.74. The first-order valence-electron chi connectivity index (χ1n) is 7.59. The van der Waals surface area contributed by atoms with Gasteiger partial charge in [-0.05, 0) is 32.9 Å². The lowest BCUT2D eigenvalue weighted by molar-refractivity contribution is 0.0328. The number of nitrogens with one attached hydrogen (secondary N) is 1. The molecule has 3 N–H and O–H groups in total. The van der Waals surface area contributed by atoms with E-state index in [-0.39, 0.29) is 13.1 Å². The highest BCUT2D eigenvalue weighted by molar-refractivity contribution is 5.91. The zero-order valence-corrected chi connectivity index (χ0v) is 14.5. The number of methoxy groups -OCH3 is 1. The summed E-state index contributed by atoms with van der Waals surface area (Å²) in [6.45, 7) is 5.38. The standard InChI is InChI=1S/C17H25N3O4/c1-17(2,3)24-16(22)20(12-10-18)15(21)19-11-9-13-7-5-6-8-14(13)23-4/h5-9,11H,10,12,18H2,1-4H3,(H,19,21)/b11-9+. The Hall–Kier alpha value is -2.54. The maximum atomic E-state index is 12.2. The summed E-state index contributed by atoms with van der Waals surface area (Å²) in [5.74, 6) is 0.675. The van der Waals surface area contributed by atoms with Crippen LogP contribution in [0.1, 0.15) is 26.3 Å². The van der Waals surface area contributed by atoms with Crippen LogP contribution in [-0.2, 0) is 4.74 Å². The molecule has 0 aliphatic carbocycles. The molecule has 0 aliphatic rings. The fraction of sp³-hybridized carbons (Fsp3) is 0.412. The molecule has 0 atom stereocenters. The molecule has 7 nitrogen and oxygen atoms in total. The second-order valence-electron chi connectivity index (χ2n) is 5.95. The Labute approximate surface area is 142 Å². The summed E-state index contributed by atoms with van der Waals surface area (Å²) in [5.41, 5.74) is 5.56. The average molecular weight is 335 g/mol. The third kappa shape index (κ3) is 6.29. The molecule has 1 rings (SSSR count). The third-order valence-corrected chi connectivity index (χ3v) is 2.82. The zero-order valence-electron chi connectivity index (χ0n) is 14.5. The summed E-state index contributed by atoms with van der Waals surface area (Å²) >= 11 is 0. The summed E-state index contributed by atoms with van der Waals surface area (Å²) in [5, 5.41) is 2.53. The van der Waals surface area contributed by atoms with E-state index in [1.807, 2.05) is 24.3 Å². The van der Waals surface area contributed by atoms with Crippen molar-refractivity contribution in [3.63, 3.8) is 0 Å². The van der Waals surface area contributed by atoms with E-state index < -0.39 is 17.7 Å². The Morgan fingerprint density at radius 2 is 1.96 bits per heavy atom. The molecular weight excluding hydrogens is 310 g/mol. The number of ether oxygens (including phenoxy) is 2. The molecule has 0 spiro atoms. The fourth-order valence-electron chi connectivity index (χ4n) is 1.81. The number of benzene rings is 1. The predicted octanol–water partition coefficient (Wildman–Crippen LogP) is 2.57. The summed E-state index contributed by atoms with van der Waals surface area (Å²) in [7, 11) is 1.57. The van der Waals surface area contributed by atoms with Gasteiger partial charge < -0.3 is 20.5 Å². The molecule has 0 unspecified atom stereocenters. The van der Waals surface area contributed by atoms with E-state index in [1.165, 1.54) is 6.20 Å². The number of para-hydroxylation sites is 1. The van der Waals surface area contributed by atoms with Gasteiger partial charge in [0.15, 0.2) is 0 Å². The molecular formula is C17H25N3O4. The number of urea groups is 1. The SMILES string of the molecule is COc1ccccc1/C=C/NC(=O)N(CCN)C(=O)OC(C)(C)C. The van der Waals surface area contributed by atoms with E-state index in [9.17, 15) is 9.59 Å². The highest BCUT2D eigenvalue weighted by atomic mass is 16.6. The van der Waals surface area contributed by atoms with Gasteiger partial charge in [0.25, 0.3) is 0 Å². The van der Waals surface area contributed by atoms with Crippen LogP contribution in [-0.4, -0.2) is 42.8 Å². The number of nitrogens with two attached hydrogens (primary N) is 1. The minimum Gasteiger partial charge on any atom is -0.496 e. The molecule has 0 radical (unpaired) electrons. The number of imide groups is 1. The molecule has 0 saturated heterocycles.